The van der Waals surface area contributed by atoms with Crippen molar-refractivity contribution in [2.45, 2.75) is 19.4 Å². The van der Waals surface area contributed by atoms with Gasteiger partial charge in [0, 0.05) is 24.5 Å². The maximum Gasteiger partial charge on any atom is 0.305 e. The Morgan fingerprint density at radius 3 is 2.68 bits per heavy atom. The van der Waals surface area contributed by atoms with Crippen LogP contribution in [-0.2, 0) is 22.5 Å². The minimum atomic E-state index is -0.603. The molecule has 1 aromatic carbocycles. The highest BCUT2D eigenvalue weighted by atomic mass is 19.1. The Balaban J connectivity index is 1.88. The molecule has 0 aliphatic carbocycles. The number of hydrogen-bond acceptors (Lipinski definition) is 6. The van der Waals surface area contributed by atoms with Gasteiger partial charge in [0.05, 0.1) is 19.2 Å². The molecule has 0 fully saturated rings. The minimum absolute atomic E-state index is 0.0783. The zero-order chi connectivity index (χ0) is 20.1. The molecule has 0 atom stereocenters. The van der Waals surface area contributed by atoms with E-state index in [9.17, 15) is 19.1 Å². The van der Waals surface area contributed by atoms with Gasteiger partial charge in [0.1, 0.15) is 11.3 Å². The Labute approximate surface area is 160 Å². The molecule has 8 heteroatoms. The fraction of sp³-hybridized carbons (Fsp3) is 0.200. The van der Waals surface area contributed by atoms with Gasteiger partial charge in [-0.1, -0.05) is 12.1 Å². The first-order chi connectivity index (χ1) is 13.5. The van der Waals surface area contributed by atoms with Crippen molar-refractivity contribution in [2.75, 3.05) is 7.11 Å². The van der Waals surface area contributed by atoms with Crippen molar-refractivity contribution in [1.29, 1.82) is 0 Å². The van der Waals surface area contributed by atoms with Crippen molar-refractivity contribution in [2.24, 2.45) is 0 Å². The van der Waals surface area contributed by atoms with Gasteiger partial charge in [-0.2, -0.15) is 0 Å². The Hall–Kier alpha value is -3.55. The average molecular weight is 383 g/mol. The van der Waals surface area contributed by atoms with E-state index in [1.807, 2.05) is 0 Å². The molecular formula is C20H18FN3O4. The number of nitrogens with zero attached hydrogens (tertiary/aromatic N) is 2. The highest BCUT2D eigenvalue weighted by molar-refractivity contribution is 6.01. The van der Waals surface area contributed by atoms with E-state index in [0.717, 1.165) is 0 Å². The fourth-order valence-corrected chi connectivity index (χ4v) is 2.73. The molecule has 0 aliphatic heterocycles. The summed E-state index contributed by atoms with van der Waals surface area (Å²) < 4.78 is 17.6. The lowest BCUT2D eigenvalue weighted by Crippen LogP contribution is -2.24. The molecule has 2 aromatic heterocycles. The van der Waals surface area contributed by atoms with Crippen molar-refractivity contribution in [3.63, 3.8) is 0 Å². The summed E-state index contributed by atoms with van der Waals surface area (Å²) in [4.78, 5) is 32.4. The zero-order valence-electron chi connectivity index (χ0n) is 15.1. The molecule has 0 spiro atoms. The number of carbonyl (C=O) groups excluding carboxylic acids is 2. The number of esters is 1. The lowest BCUT2D eigenvalue weighted by atomic mass is 10.1. The lowest BCUT2D eigenvalue weighted by molar-refractivity contribution is -0.140. The van der Waals surface area contributed by atoms with Gasteiger partial charge in [-0.3, -0.25) is 14.6 Å². The summed E-state index contributed by atoms with van der Waals surface area (Å²) >= 11 is 0. The van der Waals surface area contributed by atoms with Gasteiger partial charge in [0.2, 0.25) is 0 Å². The number of ether oxygens (including phenoxy) is 1. The SMILES string of the molecule is COC(=O)CCc1nc(C(=O)NCc2ccc(F)cc2)c(O)c2ncccc12. The summed E-state index contributed by atoms with van der Waals surface area (Å²) in [6, 6.07) is 9.07. The van der Waals surface area contributed by atoms with E-state index >= 15 is 0 Å². The molecule has 7 nitrogen and oxygen atoms in total. The number of nitrogens with one attached hydrogen (secondary N) is 1. The van der Waals surface area contributed by atoms with E-state index < -0.39 is 11.9 Å². The second-order valence-electron chi connectivity index (χ2n) is 6.04. The number of aromatic hydroxyl groups is 1. The van der Waals surface area contributed by atoms with Crippen LogP contribution in [0.25, 0.3) is 10.9 Å². The summed E-state index contributed by atoms with van der Waals surface area (Å²) in [5, 5.41) is 13.7. The summed E-state index contributed by atoms with van der Waals surface area (Å²) in [5.74, 6) is -1.72. The van der Waals surface area contributed by atoms with Gasteiger partial charge in [-0.05, 0) is 29.8 Å². The predicted molar refractivity (Wildman–Crippen MR) is 99.1 cm³/mol. The monoisotopic (exact) mass is 383 g/mol. The highest BCUT2D eigenvalue weighted by Gasteiger charge is 2.20. The standard InChI is InChI=1S/C20H18FN3O4/c1-28-16(25)9-8-15-14-3-2-10-22-17(14)19(26)18(24-15)20(27)23-11-12-4-6-13(21)7-5-12/h2-7,10,26H,8-9,11H2,1H3,(H,23,27). The van der Waals surface area contributed by atoms with Crippen LogP contribution in [-0.4, -0.2) is 34.1 Å². The first kappa shape index (κ1) is 19.2. The molecule has 0 radical (unpaired) electrons. The summed E-state index contributed by atoms with van der Waals surface area (Å²) in [5.41, 5.74) is 1.19. The molecule has 0 saturated carbocycles. The summed E-state index contributed by atoms with van der Waals surface area (Å²) in [6.45, 7) is 0.137. The van der Waals surface area contributed by atoms with Crippen molar-refractivity contribution in [1.82, 2.24) is 15.3 Å². The largest absolute Gasteiger partial charge is 0.504 e. The molecular weight excluding hydrogens is 365 g/mol. The molecule has 2 N–H and O–H groups in total. The normalized spacial score (nSPS) is 10.6. The van der Waals surface area contributed by atoms with Gasteiger partial charge < -0.3 is 15.2 Å². The summed E-state index contributed by atoms with van der Waals surface area (Å²) in [7, 11) is 1.29. The first-order valence-corrected chi connectivity index (χ1v) is 8.55. The lowest BCUT2D eigenvalue weighted by Gasteiger charge is -2.11. The van der Waals surface area contributed by atoms with Crippen molar-refractivity contribution in [3.8, 4) is 5.75 Å². The van der Waals surface area contributed by atoms with Crippen LogP contribution < -0.4 is 5.32 Å². The van der Waals surface area contributed by atoms with Gasteiger partial charge in [0.25, 0.3) is 5.91 Å². The zero-order valence-corrected chi connectivity index (χ0v) is 15.1. The number of pyridine rings is 2. The molecule has 144 valence electrons. The van der Waals surface area contributed by atoms with Crippen molar-refractivity contribution < 1.29 is 23.8 Å². The van der Waals surface area contributed by atoms with Crippen LogP contribution in [0.3, 0.4) is 0 Å². The quantitative estimate of drug-likeness (QED) is 0.634. The third kappa shape index (κ3) is 4.22. The molecule has 1 amide bonds. The van der Waals surface area contributed by atoms with E-state index in [2.05, 4.69) is 20.0 Å². The van der Waals surface area contributed by atoms with Crippen LogP contribution >= 0.6 is 0 Å². The smallest absolute Gasteiger partial charge is 0.305 e. The van der Waals surface area contributed by atoms with Crippen molar-refractivity contribution in [3.05, 3.63) is 65.4 Å². The number of hydrogen-bond donors (Lipinski definition) is 2. The second kappa shape index (κ2) is 8.43. The van der Waals surface area contributed by atoms with E-state index in [1.165, 1.54) is 25.4 Å². The molecule has 2 heterocycles. The number of amides is 1. The Bertz CT molecular complexity index is 1020. The molecule has 0 unspecified atom stereocenters. The molecule has 0 bridgehead atoms. The second-order valence-corrected chi connectivity index (χ2v) is 6.04. The molecule has 3 rings (SSSR count). The maximum atomic E-state index is 13.0. The average Bonchev–Trinajstić information content (AvgIpc) is 2.72. The van der Waals surface area contributed by atoms with Gasteiger partial charge in [-0.25, -0.2) is 9.37 Å². The molecule has 28 heavy (non-hydrogen) atoms. The predicted octanol–water partition coefficient (Wildman–Crippen LogP) is 2.51. The number of rotatable bonds is 6. The number of benzene rings is 1. The topological polar surface area (TPSA) is 101 Å². The molecule has 0 aliphatic rings. The Morgan fingerprint density at radius 1 is 1.21 bits per heavy atom. The van der Waals surface area contributed by atoms with E-state index in [0.29, 0.717) is 16.6 Å². The maximum absolute atomic E-state index is 13.0. The third-order valence-electron chi connectivity index (χ3n) is 4.19. The van der Waals surface area contributed by atoms with Gasteiger partial charge >= 0.3 is 5.97 Å². The van der Waals surface area contributed by atoms with Crippen LogP contribution in [0, 0.1) is 5.82 Å². The van der Waals surface area contributed by atoms with Crippen LogP contribution in [0.2, 0.25) is 0 Å². The van der Waals surface area contributed by atoms with E-state index in [-0.39, 0.29) is 42.2 Å². The molecule has 3 aromatic rings. The third-order valence-corrected chi connectivity index (χ3v) is 4.19. The van der Waals surface area contributed by atoms with Crippen LogP contribution in [0.5, 0.6) is 5.75 Å². The van der Waals surface area contributed by atoms with Crippen LogP contribution in [0.4, 0.5) is 4.39 Å². The van der Waals surface area contributed by atoms with Crippen molar-refractivity contribution >= 4 is 22.8 Å². The Morgan fingerprint density at radius 2 is 1.96 bits per heavy atom. The fourth-order valence-electron chi connectivity index (χ4n) is 2.73. The van der Waals surface area contributed by atoms with Crippen LogP contribution in [0.15, 0.2) is 42.6 Å². The van der Waals surface area contributed by atoms with Gasteiger partial charge in [-0.15, -0.1) is 0 Å². The number of aryl methyl sites for hydroxylation is 1. The number of aromatic nitrogens is 2. The van der Waals surface area contributed by atoms with Gasteiger partial charge in [0.15, 0.2) is 11.4 Å². The molecule has 0 saturated heterocycles. The number of halogens is 1. The number of methoxy groups -OCH3 is 1. The minimum Gasteiger partial charge on any atom is -0.504 e. The number of carbonyl (C=O) groups is 2. The van der Waals surface area contributed by atoms with Crippen LogP contribution in [0.1, 0.15) is 28.2 Å². The number of fused-ring (bicyclic) bond motifs is 1. The summed E-state index contributed by atoms with van der Waals surface area (Å²) in [6.07, 6.45) is 1.80. The Kier molecular flexibility index (Phi) is 5.78. The first-order valence-electron chi connectivity index (χ1n) is 8.55. The highest BCUT2D eigenvalue weighted by Crippen LogP contribution is 2.28. The van der Waals surface area contributed by atoms with E-state index in [1.54, 1.807) is 24.3 Å². The van der Waals surface area contributed by atoms with E-state index in [4.69, 9.17) is 0 Å².